The molecule has 1 N–H and O–H groups in total. The van der Waals surface area contributed by atoms with Gasteiger partial charge in [-0.25, -0.2) is 0 Å². The van der Waals surface area contributed by atoms with Crippen molar-refractivity contribution in [3.8, 4) is 0 Å². The zero-order valence-corrected chi connectivity index (χ0v) is 12.4. The van der Waals surface area contributed by atoms with Crippen molar-refractivity contribution in [2.75, 3.05) is 12.3 Å². The van der Waals surface area contributed by atoms with Crippen LogP contribution >= 0.6 is 11.8 Å². The van der Waals surface area contributed by atoms with Gasteiger partial charge in [-0.3, -0.25) is 0 Å². The number of hydrogen-bond acceptors (Lipinski definition) is 2. The Bertz CT molecular complexity index is 347. The van der Waals surface area contributed by atoms with E-state index < -0.39 is 0 Å². The average Bonchev–Trinajstić information content (AvgIpc) is 2.39. The lowest BCUT2D eigenvalue weighted by atomic mass is 9.86. The molecule has 0 aliphatic heterocycles. The Balaban J connectivity index is 1.65. The van der Waals surface area contributed by atoms with Gasteiger partial charge >= 0.3 is 0 Å². The largest absolute Gasteiger partial charge is 0.313 e. The van der Waals surface area contributed by atoms with Crippen LogP contribution in [0.3, 0.4) is 0 Å². The van der Waals surface area contributed by atoms with Crippen molar-refractivity contribution in [3.63, 3.8) is 0 Å². The summed E-state index contributed by atoms with van der Waals surface area (Å²) in [5, 5.41) is 3.73. The van der Waals surface area contributed by atoms with Crippen LogP contribution in [0.5, 0.6) is 0 Å². The number of rotatable bonds is 5. The van der Waals surface area contributed by atoms with E-state index in [1.54, 1.807) is 0 Å². The quantitative estimate of drug-likeness (QED) is 0.629. The SMILES string of the molecule is Cc1ccc(SCCNC2CCCCC2C)cc1. The Kier molecular flexibility index (Phi) is 5.58. The third-order valence-corrected chi connectivity index (χ3v) is 4.92. The molecule has 1 aromatic rings. The minimum absolute atomic E-state index is 0.761. The summed E-state index contributed by atoms with van der Waals surface area (Å²) in [6.45, 7) is 5.66. The molecule has 2 heteroatoms. The summed E-state index contributed by atoms with van der Waals surface area (Å²) in [6, 6.07) is 9.60. The van der Waals surface area contributed by atoms with Crippen molar-refractivity contribution in [3.05, 3.63) is 29.8 Å². The zero-order valence-electron chi connectivity index (χ0n) is 11.6. The van der Waals surface area contributed by atoms with Crippen LogP contribution in [0.4, 0.5) is 0 Å². The highest BCUT2D eigenvalue weighted by atomic mass is 32.2. The summed E-state index contributed by atoms with van der Waals surface area (Å²) in [6.07, 6.45) is 5.61. The minimum Gasteiger partial charge on any atom is -0.313 e. The van der Waals surface area contributed by atoms with E-state index in [1.165, 1.54) is 41.9 Å². The second kappa shape index (κ2) is 7.20. The van der Waals surface area contributed by atoms with Gasteiger partial charge in [0.2, 0.25) is 0 Å². The van der Waals surface area contributed by atoms with E-state index in [4.69, 9.17) is 0 Å². The van der Waals surface area contributed by atoms with Gasteiger partial charge in [0.15, 0.2) is 0 Å². The molecule has 100 valence electrons. The summed E-state index contributed by atoms with van der Waals surface area (Å²) in [5.41, 5.74) is 1.34. The summed E-state index contributed by atoms with van der Waals surface area (Å²) in [4.78, 5) is 1.39. The van der Waals surface area contributed by atoms with Crippen LogP contribution in [-0.4, -0.2) is 18.3 Å². The van der Waals surface area contributed by atoms with Crippen molar-refractivity contribution >= 4 is 11.8 Å². The molecule has 2 atom stereocenters. The Labute approximate surface area is 116 Å². The number of benzene rings is 1. The molecule has 2 unspecified atom stereocenters. The van der Waals surface area contributed by atoms with E-state index in [0.717, 1.165) is 18.5 Å². The fourth-order valence-corrected chi connectivity index (χ4v) is 3.45. The van der Waals surface area contributed by atoms with Crippen LogP contribution in [-0.2, 0) is 0 Å². The van der Waals surface area contributed by atoms with Gasteiger partial charge < -0.3 is 5.32 Å². The summed E-state index contributed by atoms with van der Waals surface area (Å²) in [7, 11) is 0. The molecule has 1 aromatic carbocycles. The molecule has 0 heterocycles. The van der Waals surface area contributed by atoms with Crippen LogP contribution in [0.15, 0.2) is 29.2 Å². The van der Waals surface area contributed by atoms with Gasteiger partial charge in [-0.05, 0) is 37.8 Å². The summed E-state index contributed by atoms with van der Waals surface area (Å²) in [5.74, 6) is 2.04. The van der Waals surface area contributed by atoms with Gasteiger partial charge in [0, 0.05) is 23.2 Å². The van der Waals surface area contributed by atoms with E-state index in [-0.39, 0.29) is 0 Å². The van der Waals surface area contributed by atoms with E-state index in [0.29, 0.717) is 0 Å². The molecular formula is C16H25NS. The first-order valence-corrected chi connectivity index (χ1v) is 8.17. The van der Waals surface area contributed by atoms with E-state index in [1.807, 2.05) is 11.8 Å². The second-order valence-electron chi connectivity index (χ2n) is 5.48. The Morgan fingerprint density at radius 2 is 1.89 bits per heavy atom. The first-order chi connectivity index (χ1) is 8.75. The summed E-state index contributed by atoms with van der Waals surface area (Å²) >= 11 is 1.96. The van der Waals surface area contributed by atoms with Gasteiger partial charge in [-0.15, -0.1) is 11.8 Å². The molecule has 0 saturated heterocycles. The van der Waals surface area contributed by atoms with Crippen LogP contribution in [0.1, 0.15) is 38.2 Å². The lowest BCUT2D eigenvalue weighted by Crippen LogP contribution is -2.38. The standard InChI is InChI=1S/C16H25NS/c1-13-7-9-15(10-8-13)18-12-11-17-16-6-4-3-5-14(16)2/h7-10,14,16-17H,3-6,11-12H2,1-2H3. The second-order valence-corrected chi connectivity index (χ2v) is 6.65. The van der Waals surface area contributed by atoms with E-state index in [2.05, 4.69) is 43.4 Å². The van der Waals surface area contributed by atoms with Crippen molar-refractivity contribution in [1.29, 1.82) is 0 Å². The maximum atomic E-state index is 3.73. The molecule has 1 saturated carbocycles. The molecule has 2 rings (SSSR count). The fraction of sp³-hybridized carbons (Fsp3) is 0.625. The average molecular weight is 263 g/mol. The van der Waals surface area contributed by atoms with Gasteiger partial charge in [-0.1, -0.05) is 37.5 Å². The normalized spacial score (nSPS) is 24.1. The molecule has 18 heavy (non-hydrogen) atoms. The molecule has 1 fully saturated rings. The first kappa shape index (κ1) is 14.0. The van der Waals surface area contributed by atoms with Crippen LogP contribution in [0.25, 0.3) is 0 Å². The molecular weight excluding hydrogens is 238 g/mol. The van der Waals surface area contributed by atoms with Crippen molar-refractivity contribution in [2.24, 2.45) is 5.92 Å². The van der Waals surface area contributed by atoms with Crippen LogP contribution in [0.2, 0.25) is 0 Å². The Morgan fingerprint density at radius 1 is 1.17 bits per heavy atom. The summed E-state index contributed by atoms with van der Waals surface area (Å²) < 4.78 is 0. The predicted octanol–water partition coefficient (Wildman–Crippen LogP) is 4.26. The molecule has 0 aromatic heterocycles. The first-order valence-electron chi connectivity index (χ1n) is 7.18. The Morgan fingerprint density at radius 3 is 2.61 bits per heavy atom. The topological polar surface area (TPSA) is 12.0 Å². The van der Waals surface area contributed by atoms with Gasteiger partial charge in [0.05, 0.1) is 0 Å². The van der Waals surface area contributed by atoms with Crippen LogP contribution in [0, 0.1) is 12.8 Å². The van der Waals surface area contributed by atoms with Gasteiger partial charge in [0.1, 0.15) is 0 Å². The molecule has 1 aliphatic carbocycles. The number of nitrogens with one attached hydrogen (secondary N) is 1. The van der Waals surface area contributed by atoms with Crippen molar-refractivity contribution in [2.45, 2.75) is 50.5 Å². The highest BCUT2D eigenvalue weighted by molar-refractivity contribution is 7.99. The predicted molar refractivity (Wildman–Crippen MR) is 81.3 cm³/mol. The van der Waals surface area contributed by atoms with Gasteiger partial charge in [-0.2, -0.15) is 0 Å². The molecule has 1 aliphatic rings. The van der Waals surface area contributed by atoms with E-state index >= 15 is 0 Å². The van der Waals surface area contributed by atoms with Gasteiger partial charge in [0.25, 0.3) is 0 Å². The molecule has 0 bridgehead atoms. The highest BCUT2D eigenvalue weighted by Gasteiger charge is 2.19. The third kappa shape index (κ3) is 4.33. The molecule has 0 radical (unpaired) electrons. The maximum Gasteiger partial charge on any atom is 0.0106 e. The lowest BCUT2D eigenvalue weighted by molar-refractivity contribution is 0.285. The number of hydrogen-bond donors (Lipinski definition) is 1. The van der Waals surface area contributed by atoms with Crippen LogP contribution < -0.4 is 5.32 Å². The fourth-order valence-electron chi connectivity index (χ4n) is 2.67. The lowest BCUT2D eigenvalue weighted by Gasteiger charge is -2.29. The number of aryl methyl sites for hydroxylation is 1. The van der Waals surface area contributed by atoms with E-state index in [9.17, 15) is 0 Å². The smallest absolute Gasteiger partial charge is 0.0106 e. The maximum absolute atomic E-state index is 3.73. The monoisotopic (exact) mass is 263 g/mol. The zero-order chi connectivity index (χ0) is 12.8. The molecule has 0 amide bonds. The Hall–Kier alpha value is -0.470. The molecule has 1 nitrogen and oxygen atoms in total. The number of thioether (sulfide) groups is 1. The van der Waals surface area contributed by atoms with Crippen molar-refractivity contribution in [1.82, 2.24) is 5.32 Å². The molecule has 0 spiro atoms. The third-order valence-electron chi connectivity index (χ3n) is 3.91. The van der Waals surface area contributed by atoms with Crippen molar-refractivity contribution < 1.29 is 0 Å². The minimum atomic E-state index is 0.761. The highest BCUT2D eigenvalue weighted by Crippen LogP contribution is 2.24.